The summed E-state index contributed by atoms with van der Waals surface area (Å²) in [6.45, 7) is 19.0. The average Bonchev–Trinajstić information content (AvgIpc) is 2.77. The Morgan fingerprint density at radius 2 is 0.833 bits per heavy atom. The summed E-state index contributed by atoms with van der Waals surface area (Å²) in [5, 5.41) is 0. The van der Waals surface area contributed by atoms with Gasteiger partial charge in [0.1, 0.15) is 0 Å². The molecule has 0 N–H and O–H groups in total. The van der Waals surface area contributed by atoms with E-state index in [1.165, 1.54) is 107 Å². The van der Waals surface area contributed by atoms with Gasteiger partial charge in [0.2, 0.25) is 0 Å². The van der Waals surface area contributed by atoms with E-state index in [1.807, 2.05) is 0 Å². The summed E-state index contributed by atoms with van der Waals surface area (Å²) < 4.78 is 14.8. The van der Waals surface area contributed by atoms with E-state index in [9.17, 15) is 0 Å². The molecule has 176 valence electrons. The second-order valence-electron chi connectivity index (χ2n) is 9.91. The minimum atomic E-state index is -2.40. The molecule has 0 rings (SSSR count). The molecule has 0 atom stereocenters. The van der Waals surface area contributed by atoms with Gasteiger partial charge in [-0.05, 0) is 0 Å². The van der Waals surface area contributed by atoms with E-state index >= 15 is 0 Å². The van der Waals surface area contributed by atoms with Gasteiger partial charge in [-0.15, -0.1) is 0 Å². The Hall–Kier alpha value is 0.897. The number of unbranched alkanes of at least 4 members (excludes halogenated alkanes) is 6. The van der Waals surface area contributed by atoms with Crippen LogP contribution in [-0.2, 0) is 0 Å². The Kier molecular flexibility index (Phi) is 20.0. The number of rotatable bonds is 19. The zero-order chi connectivity index (χ0) is 22.7. The molecule has 0 aliphatic carbocycles. The topological polar surface area (TPSA) is 0 Å². The first kappa shape index (κ1) is 30.9. The van der Waals surface area contributed by atoms with Crippen molar-refractivity contribution < 1.29 is 0 Å². The van der Waals surface area contributed by atoms with Crippen LogP contribution in [0.2, 0.25) is 26.6 Å². The molecule has 0 saturated heterocycles. The molecule has 2 heteroatoms. The Morgan fingerprint density at radius 3 is 1.13 bits per heavy atom. The fraction of sp³-hybridized carbons (Fsp3) is 0.857. The molecule has 0 aliphatic heterocycles. The van der Waals surface area contributed by atoms with Crippen molar-refractivity contribution in [3.63, 3.8) is 0 Å². The predicted molar refractivity (Wildman–Crippen MR) is 147 cm³/mol. The van der Waals surface area contributed by atoms with Crippen molar-refractivity contribution in [2.24, 2.45) is 0 Å². The normalized spacial score (nSPS) is 11.9. The molecular weight excluding hydrogens is 574 g/mol. The zero-order valence-electron chi connectivity index (χ0n) is 21.9. The third kappa shape index (κ3) is 12.2. The zero-order valence-corrected chi connectivity index (χ0v) is 27.6. The summed E-state index contributed by atoms with van der Waals surface area (Å²) in [7, 11) is 0. The molecule has 0 aromatic rings. The summed E-state index contributed by atoms with van der Waals surface area (Å²) in [6.07, 6.45) is 16.5. The molecule has 0 aromatic heterocycles. The monoisotopic (exact) mass is 632 g/mol. The van der Waals surface area contributed by atoms with E-state index in [1.54, 1.807) is 0 Å². The minimum absolute atomic E-state index is 1.34. The van der Waals surface area contributed by atoms with Crippen LogP contribution in [0.4, 0.5) is 0 Å². The summed E-state index contributed by atoms with van der Waals surface area (Å²) in [5.41, 5.74) is 0. The van der Waals surface area contributed by atoms with Crippen LogP contribution < -0.4 is 0 Å². The van der Waals surface area contributed by atoms with Crippen LogP contribution in [0.1, 0.15) is 119 Å². The maximum absolute atomic E-state index is 4.78. The molecular formula is C28H56Sn2. The molecule has 0 aromatic carbocycles. The second kappa shape index (κ2) is 19.4. The summed E-state index contributed by atoms with van der Waals surface area (Å²) in [5.74, 6) is 3.96. The van der Waals surface area contributed by atoms with E-state index in [-0.39, 0.29) is 0 Å². The van der Waals surface area contributed by atoms with Gasteiger partial charge in [0.05, 0.1) is 0 Å². The molecule has 0 fully saturated rings. The van der Waals surface area contributed by atoms with Gasteiger partial charge in [0.15, 0.2) is 0 Å². The van der Waals surface area contributed by atoms with Crippen molar-refractivity contribution in [1.82, 2.24) is 0 Å². The standard InChI is InChI=1S/6C4H9.C4H2.2Sn/c7*1-3-4-2;;/h6*1,3-4H2,2H3;1H2;;. The van der Waals surface area contributed by atoms with Crippen LogP contribution in [0.25, 0.3) is 0 Å². The fourth-order valence-electron chi connectivity index (χ4n) is 4.82. The van der Waals surface area contributed by atoms with Crippen molar-refractivity contribution in [3.05, 3.63) is 10.2 Å². The van der Waals surface area contributed by atoms with E-state index in [4.69, 9.17) is 6.58 Å². The quantitative estimate of drug-likeness (QED) is 0.0985. The van der Waals surface area contributed by atoms with Crippen LogP contribution in [0.5, 0.6) is 0 Å². The average molecular weight is 630 g/mol. The van der Waals surface area contributed by atoms with Crippen molar-refractivity contribution in [2.45, 2.75) is 145 Å². The molecule has 0 amide bonds. The summed E-state index contributed by atoms with van der Waals surface area (Å²) in [6, 6.07) is 0. The molecule has 0 spiro atoms. The number of allylic oxidation sites excluding steroid dienone is 1. The van der Waals surface area contributed by atoms with Gasteiger partial charge in [-0.3, -0.25) is 0 Å². The van der Waals surface area contributed by atoms with Gasteiger partial charge in [-0.2, -0.15) is 0 Å². The van der Waals surface area contributed by atoms with E-state index in [2.05, 4.69) is 51.4 Å². The second-order valence-corrected chi connectivity index (χ2v) is 35.5. The first-order valence-electron chi connectivity index (χ1n) is 13.7. The first-order valence-corrected chi connectivity index (χ1v) is 28.7. The maximum atomic E-state index is 4.78. The fourth-order valence-corrected chi connectivity index (χ4v) is 33.5. The number of hydrogen-bond acceptors (Lipinski definition) is 0. The summed E-state index contributed by atoms with van der Waals surface area (Å²) >= 11 is -4.77. The van der Waals surface area contributed by atoms with Crippen molar-refractivity contribution in [1.29, 1.82) is 0 Å². The molecule has 0 saturated carbocycles. The SMILES string of the molecule is C=[C](C#[C][Sn]([CH2]CCC)([CH2]CCC)[CH2]CCC)[Sn]([CH2]CCC)([CH2]CCC)[CH2]CCC. The van der Waals surface area contributed by atoms with Gasteiger partial charge < -0.3 is 0 Å². The molecule has 0 nitrogen and oxygen atoms in total. The molecule has 0 radical (unpaired) electrons. The van der Waals surface area contributed by atoms with Gasteiger partial charge in [-0.25, -0.2) is 0 Å². The Balaban J connectivity index is 5.90. The van der Waals surface area contributed by atoms with Crippen LogP contribution in [-0.4, -0.2) is 36.8 Å². The van der Waals surface area contributed by atoms with E-state index < -0.39 is 36.8 Å². The van der Waals surface area contributed by atoms with Crippen LogP contribution >= 0.6 is 0 Å². The third-order valence-corrected chi connectivity index (χ3v) is 35.5. The first-order chi connectivity index (χ1) is 14.5. The van der Waals surface area contributed by atoms with Crippen molar-refractivity contribution >= 4 is 36.8 Å². The van der Waals surface area contributed by atoms with Crippen molar-refractivity contribution in [2.75, 3.05) is 0 Å². The molecule has 0 heterocycles. The molecule has 0 bridgehead atoms. The molecule has 0 unspecified atom stereocenters. The summed E-state index contributed by atoms with van der Waals surface area (Å²) in [4.78, 5) is 0. The Morgan fingerprint density at radius 1 is 0.533 bits per heavy atom. The Bertz CT molecular complexity index is 439. The van der Waals surface area contributed by atoms with Crippen molar-refractivity contribution in [3.8, 4) is 9.86 Å². The van der Waals surface area contributed by atoms with Crippen LogP contribution in [0.15, 0.2) is 10.2 Å². The van der Waals surface area contributed by atoms with E-state index in [0.29, 0.717) is 0 Å². The predicted octanol–water partition coefficient (Wildman–Crippen LogP) is 10.3. The number of hydrogen-bond donors (Lipinski definition) is 0. The van der Waals surface area contributed by atoms with E-state index in [0.717, 1.165) is 0 Å². The van der Waals surface area contributed by atoms with Crippen LogP contribution in [0, 0.1) is 9.86 Å². The molecule has 30 heavy (non-hydrogen) atoms. The molecule has 0 aliphatic rings. The van der Waals surface area contributed by atoms with Gasteiger partial charge in [-0.1, -0.05) is 0 Å². The van der Waals surface area contributed by atoms with Gasteiger partial charge in [0, 0.05) is 0 Å². The Labute approximate surface area is 200 Å². The van der Waals surface area contributed by atoms with Gasteiger partial charge in [0.25, 0.3) is 0 Å². The third-order valence-electron chi connectivity index (χ3n) is 7.17. The van der Waals surface area contributed by atoms with Crippen LogP contribution in [0.3, 0.4) is 0 Å². The van der Waals surface area contributed by atoms with Gasteiger partial charge >= 0.3 is 202 Å².